The van der Waals surface area contributed by atoms with Gasteiger partial charge in [-0.25, -0.2) is 0 Å². The van der Waals surface area contributed by atoms with E-state index in [0.717, 1.165) is 23.1 Å². The van der Waals surface area contributed by atoms with Crippen LogP contribution in [0.1, 0.15) is 19.4 Å². The van der Waals surface area contributed by atoms with Gasteiger partial charge in [0.25, 0.3) is 0 Å². The summed E-state index contributed by atoms with van der Waals surface area (Å²) in [5.41, 5.74) is 1.99. The lowest BCUT2D eigenvalue weighted by atomic mass is 10.1. The van der Waals surface area contributed by atoms with Crippen molar-refractivity contribution >= 4 is 34.1 Å². The molecule has 24 heavy (non-hydrogen) atoms. The topological polar surface area (TPSA) is 60.2 Å². The molecule has 0 unspecified atom stereocenters. The lowest BCUT2D eigenvalue weighted by Crippen LogP contribution is -2.51. The van der Waals surface area contributed by atoms with Gasteiger partial charge < -0.3 is 9.80 Å². The van der Waals surface area contributed by atoms with E-state index in [0.29, 0.717) is 29.6 Å². The summed E-state index contributed by atoms with van der Waals surface area (Å²) in [6, 6.07) is 7.61. The van der Waals surface area contributed by atoms with Gasteiger partial charge in [0.05, 0.1) is 23.3 Å². The van der Waals surface area contributed by atoms with Gasteiger partial charge in [-0.3, -0.25) is 9.78 Å². The third kappa shape index (κ3) is 3.15. The van der Waals surface area contributed by atoms with Crippen LogP contribution in [0.5, 0.6) is 0 Å². The van der Waals surface area contributed by atoms with Crippen molar-refractivity contribution in [2.24, 2.45) is 5.92 Å². The molecule has 6 heteroatoms. The molecule has 0 aliphatic carbocycles. The maximum absolute atomic E-state index is 12.5. The minimum atomic E-state index is 0.0887. The number of nitriles is 1. The Morgan fingerprint density at radius 2 is 2.17 bits per heavy atom. The second-order valence-electron chi connectivity index (χ2n) is 6.45. The third-order valence-corrected chi connectivity index (χ3v) is 4.38. The number of halogens is 1. The molecule has 1 saturated heterocycles. The van der Waals surface area contributed by atoms with Gasteiger partial charge in [-0.1, -0.05) is 25.4 Å². The molecule has 0 spiro atoms. The van der Waals surface area contributed by atoms with Crippen molar-refractivity contribution in [1.29, 1.82) is 5.26 Å². The number of aromatic nitrogens is 1. The van der Waals surface area contributed by atoms with Crippen LogP contribution in [0.2, 0.25) is 5.02 Å². The Balaban J connectivity index is 1.99. The lowest BCUT2D eigenvalue weighted by molar-refractivity contribution is -0.131. The molecule has 3 rings (SSSR count). The van der Waals surface area contributed by atoms with Crippen molar-refractivity contribution < 1.29 is 4.79 Å². The number of pyridine rings is 1. The number of carbonyl (C=O) groups is 1. The number of nitrogens with zero attached hydrogens (tertiary/aromatic N) is 4. The largest absolute Gasteiger partial charge is 0.359 e. The van der Waals surface area contributed by atoms with Crippen LogP contribution >= 0.6 is 11.6 Å². The van der Waals surface area contributed by atoms with Crippen molar-refractivity contribution in [2.75, 3.05) is 31.1 Å². The van der Waals surface area contributed by atoms with Crippen LogP contribution in [0.15, 0.2) is 24.4 Å². The minimum absolute atomic E-state index is 0.0887. The summed E-state index contributed by atoms with van der Waals surface area (Å²) in [6.45, 7) is 6.59. The van der Waals surface area contributed by atoms with Gasteiger partial charge in [-0.05, 0) is 24.1 Å². The first-order chi connectivity index (χ1) is 11.5. The molecule has 1 aliphatic rings. The fraction of sp³-hybridized carbons (Fsp3) is 0.389. The fourth-order valence-electron chi connectivity index (χ4n) is 3.11. The molecular weight excluding hydrogens is 324 g/mol. The minimum Gasteiger partial charge on any atom is -0.359 e. The Hall–Kier alpha value is -2.32. The summed E-state index contributed by atoms with van der Waals surface area (Å²) in [5.74, 6) is 0.529. The second-order valence-corrected chi connectivity index (χ2v) is 6.89. The molecule has 1 amide bonds. The van der Waals surface area contributed by atoms with Crippen molar-refractivity contribution in [3.8, 4) is 6.07 Å². The van der Waals surface area contributed by atoms with Crippen LogP contribution in [-0.4, -0.2) is 42.0 Å². The zero-order valence-corrected chi connectivity index (χ0v) is 14.5. The van der Waals surface area contributed by atoms with Gasteiger partial charge in [-0.2, -0.15) is 5.26 Å². The molecule has 2 heterocycles. The average molecular weight is 343 g/mol. The number of fused-ring (bicyclic) bond motifs is 1. The quantitative estimate of drug-likeness (QED) is 0.860. The molecule has 1 aliphatic heterocycles. The van der Waals surface area contributed by atoms with Gasteiger partial charge in [0, 0.05) is 36.2 Å². The Morgan fingerprint density at radius 1 is 1.38 bits per heavy atom. The summed E-state index contributed by atoms with van der Waals surface area (Å²) >= 11 is 6.13. The summed E-state index contributed by atoms with van der Waals surface area (Å²) in [7, 11) is 0. The van der Waals surface area contributed by atoms with Gasteiger partial charge >= 0.3 is 0 Å². The molecule has 1 fully saturated rings. The molecule has 1 aromatic heterocycles. The smallest absolute Gasteiger partial charge is 0.242 e. The van der Waals surface area contributed by atoms with Gasteiger partial charge in [0.2, 0.25) is 5.91 Å². The highest BCUT2D eigenvalue weighted by molar-refractivity contribution is 6.31. The molecule has 124 valence electrons. The number of anilines is 1. The zero-order chi connectivity index (χ0) is 17.3. The normalized spacial score (nSPS) is 15.2. The standard InChI is InChI=1S/C18H19ClN4O/c1-12(2)10-22-5-6-23(11-17(22)24)18-13(8-20)9-21-16-4-3-14(19)7-15(16)18/h3-4,7,9,12H,5-6,10-11H2,1-2H3. The molecule has 0 bridgehead atoms. The van der Waals surface area contributed by atoms with Crippen LogP contribution in [0.3, 0.4) is 0 Å². The van der Waals surface area contributed by atoms with Gasteiger partial charge in [0.15, 0.2) is 0 Å². The molecule has 5 nitrogen and oxygen atoms in total. The van der Waals surface area contributed by atoms with E-state index in [1.807, 2.05) is 21.9 Å². The van der Waals surface area contributed by atoms with Gasteiger partial charge in [0.1, 0.15) is 6.07 Å². The van der Waals surface area contributed by atoms with E-state index in [-0.39, 0.29) is 12.5 Å². The van der Waals surface area contributed by atoms with Crippen LogP contribution < -0.4 is 4.90 Å². The van der Waals surface area contributed by atoms with Crippen molar-refractivity contribution in [3.63, 3.8) is 0 Å². The van der Waals surface area contributed by atoms with E-state index in [9.17, 15) is 10.1 Å². The second kappa shape index (κ2) is 6.66. The number of rotatable bonds is 3. The number of carbonyl (C=O) groups excluding carboxylic acids is 1. The van der Waals surface area contributed by atoms with Crippen LogP contribution in [0.4, 0.5) is 5.69 Å². The molecule has 0 radical (unpaired) electrons. The Labute approximate surface area is 146 Å². The molecule has 0 N–H and O–H groups in total. The SMILES string of the molecule is CC(C)CN1CCN(c2c(C#N)cnc3ccc(Cl)cc23)CC1=O. The predicted octanol–water partition coefficient (Wildman–Crippen LogP) is 3.06. The Kier molecular flexibility index (Phi) is 4.59. The van der Waals surface area contributed by atoms with E-state index in [1.165, 1.54) is 0 Å². The number of benzene rings is 1. The summed E-state index contributed by atoms with van der Waals surface area (Å²) < 4.78 is 0. The van der Waals surface area contributed by atoms with E-state index in [1.54, 1.807) is 12.3 Å². The number of amides is 1. The van der Waals surface area contributed by atoms with Crippen molar-refractivity contribution in [2.45, 2.75) is 13.8 Å². The van der Waals surface area contributed by atoms with E-state index < -0.39 is 0 Å². The first kappa shape index (κ1) is 16.5. The number of hydrogen-bond acceptors (Lipinski definition) is 4. The van der Waals surface area contributed by atoms with Crippen LogP contribution in [0.25, 0.3) is 10.9 Å². The Morgan fingerprint density at radius 3 is 2.83 bits per heavy atom. The van der Waals surface area contributed by atoms with Crippen molar-refractivity contribution in [3.05, 3.63) is 35.0 Å². The average Bonchev–Trinajstić information content (AvgIpc) is 2.55. The number of piperazine rings is 1. The Bertz CT molecular complexity index is 828. The number of hydrogen-bond donors (Lipinski definition) is 0. The van der Waals surface area contributed by atoms with Crippen molar-refractivity contribution in [1.82, 2.24) is 9.88 Å². The van der Waals surface area contributed by atoms with E-state index in [2.05, 4.69) is 24.9 Å². The first-order valence-corrected chi connectivity index (χ1v) is 8.38. The highest BCUT2D eigenvalue weighted by atomic mass is 35.5. The zero-order valence-electron chi connectivity index (χ0n) is 13.8. The third-order valence-electron chi connectivity index (χ3n) is 4.14. The summed E-state index contributed by atoms with van der Waals surface area (Å²) in [6.07, 6.45) is 1.57. The monoisotopic (exact) mass is 342 g/mol. The maximum atomic E-state index is 12.5. The highest BCUT2D eigenvalue weighted by Gasteiger charge is 2.27. The van der Waals surface area contributed by atoms with Crippen LogP contribution in [0, 0.1) is 17.2 Å². The van der Waals surface area contributed by atoms with Gasteiger partial charge in [-0.15, -0.1) is 0 Å². The molecule has 2 aromatic rings. The van der Waals surface area contributed by atoms with E-state index in [4.69, 9.17) is 11.6 Å². The van der Waals surface area contributed by atoms with Crippen LogP contribution in [-0.2, 0) is 4.79 Å². The highest BCUT2D eigenvalue weighted by Crippen LogP contribution is 2.32. The predicted molar refractivity (Wildman–Crippen MR) is 95.1 cm³/mol. The summed E-state index contributed by atoms with van der Waals surface area (Å²) in [4.78, 5) is 20.7. The maximum Gasteiger partial charge on any atom is 0.242 e. The molecular formula is C18H19ClN4O. The molecule has 1 aromatic carbocycles. The molecule has 0 saturated carbocycles. The molecule has 0 atom stereocenters. The lowest BCUT2D eigenvalue weighted by Gasteiger charge is -2.37. The first-order valence-electron chi connectivity index (χ1n) is 8.00. The van der Waals surface area contributed by atoms with E-state index >= 15 is 0 Å². The summed E-state index contributed by atoms with van der Waals surface area (Å²) in [5, 5.41) is 10.9. The fourth-order valence-corrected chi connectivity index (χ4v) is 3.28.